The number of sulfonamides is 1. The molecule has 32 heavy (non-hydrogen) atoms. The van der Waals surface area contributed by atoms with E-state index in [9.17, 15) is 13.2 Å². The number of amidine groups is 1. The second-order valence-electron chi connectivity index (χ2n) is 7.55. The lowest BCUT2D eigenvalue weighted by atomic mass is 10.1. The van der Waals surface area contributed by atoms with Crippen LogP contribution in [-0.2, 0) is 10.0 Å². The van der Waals surface area contributed by atoms with Crippen LogP contribution in [0.25, 0.3) is 11.3 Å². The van der Waals surface area contributed by atoms with Gasteiger partial charge in [0.1, 0.15) is 22.9 Å². The molecule has 9 heteroatoms. The third-order valence-corrected chi connectivity index (χ3v) is 6.54. The van der Waals surface area contributed by atoms with Gasteiger partial charge in [-0.2, -0.15) is 0 Å². The monoisotopic (exact) mass is 452 g/mol. The zero-order chi connectivity index (χ0) is 22.6. The number of aliphatic imine (C=N–C) groups is 1. The lowest BCUT2D eigenvalue weighted by Crippen LogP contribution is -2.30. The van der Waals surface area contributed by atoms with Crippen LogP contribution >= 0.6 is 0 Å². The van der Waals surface area contributed by atoms with Gasteiger partial charge in [-0.1, -0.05) is 48.0 Å². The number of hydrogen-bond donors (Lipinski definition) is 2. The maximum absolute atomic E-state index is 13.0. The summed E-state index contributed by atoms with van der Waals surface area (Å²) in [5.41, 5.74) is 1.83. The fraction of sp³-hybridized carbons (Fsp3) is 0.261. The minimum absolute atomic E-state index is 0.0487. The van der Waals surface area contributed by atoms with E-state index < -0.39 is 15.9 Å². The summed E-state index contributed by atoms with van der Waals surface area (Å²) in [5, 5.41) is 6.78. The zero-order valence-corrected chi connectivity index (χ0v) is 18.5. The summed E-state index contributed by atoms with van der Waals surface area (Å²) in [4.78, 5) is 17.4. The Balaban J connectivity index is 1.56. The van der Waals surface area contributed by atoms with Crippen molar-refractivity contribution < 1.29 is 17.7 Å². The van der Waals surface area contributed by atoms with E-state index in [1.54, 1.807) is 19.1 Å². The first kappa shape index (κ1) is 21.8. The van der Waals surface area contributed by atoms with Crippen molar-refractivity contribution in [3.05, 3.63) is 65.9 Å². The molecule has 0 spiro atoms. The third kappa shape index (κ3) is 4.88. The molecule has 0 saturated carbocycles. The van der Waals surface area contributed by atoms with Crippen molar-refractivity contribution in [2.75, 3.05) is 11.9 Å². The molecule has 1 aromatic heterocycles. The number of nitrogens with one attached hydrogen (secondary N) is 2. The van der Waals surface area contributed by atoms with Crippen molar-refractivity contribution in [1.29, 1.82) is 0 Å². The maximum Gasteiger partial charge on any atom is 0.262 e. The van der Waals surface area contributed by atoms with Gasteiger partial charge >= 0.3 is 0 Å². The minimum Gasteiger partial charge on any atom is -0.360 e. The van der Waals surface area contributed by atoms with E-state index >= 15 is 0 Å². The molecule has 166 valence electrons. The van der Waals surface area contributed by atoms with Gasteiger partial charge in [-0.3, -0.25) is 14.5 Å². The zero-order valence-electron chi connectivity index (χ0n) is 17.7. The Morgan fingerprint density at radius 1 is 1.03 bits per heavy atom. The number of rotatable bonds is 5. The number of benzene rings is 2. The quantitative estimate of drug-likeness (QED) is 0.604. The van der Waals surface area contributed by atoms with Crippen molar-refractivity contribution in [2.24, 2.45) is 4.99 Å². The minimum atomic E-state index is -3.81. The standard InChI is InChI=1S/C23H24N4O4S/c1-16-21(22(26-31-16)17-9-4-2-5-10-17)23(28)25-18-11-8-12-19(15-18)32(29,30)27-20-13-6-3-7-14-24-20/h2,4-5,8-12,15H,3,6-7,13-14H2,1H3,(H,24,27)(H,25,28). The summed E-state index contributed by atoms with van der Waals surface area (Å²) in [7, 11) is -3.81. The van der Waals surface area contributed by atoms with Crippen LogP contribution in [0.3, 0.4) is 0 Å². The molecule has 0 radical (unpaired) electrons. The van der Waals surface area contributed by atoms with Gasteiger partial charge in [-0.05, 0) is 38.0 Å². The van der Waals surface area contributed by atoms with Gasteiger partial charge in [-0.15, -0.1) is 0 Å². The Morgan fingerprint density at radius 3 is 2.66 bits per heavy atom. The Kier molecular flexibility index (Phi) is 6.36. The number of carbonyl (C=O) groups excluding carboxylic acids is 1. The number of nitrogens with zero attached hydrogens (tertiary/aromatic N) is 2. The summed E-state index contributed by atoms with van der Waals surface area (Å²) in [6.45, 7) is 2.28. The summed E-state index contributed by atoms with van der Waals surface area (Å²) >= 11 is 0. The highest BCUT2D eigenvalue weighted by Crippen LogP contribution is 2.26. The number of aromatic nitrogens is 1. The first-order valence-electron chi connectivity index (χ1n) is 10.4. The van der Waals surface area contributed by atoms with E-state index in [0.29, 0.717) is 41.5 Å². The topological polar surface area (TPSA) is 114 Å². The molecule has 1 aliphatic heterocycles. The molecule has 0 bridgehead atoms. The molecule has 8 nitrogen and oxygen atoms in total. The van der Waals surface area contributed by atoms with E-state index in [1.807, 2.05) is 30.3 Å². The van der Waals surface area contributed by atoms with E-state index in [4.69, 9.17) is 4.52 Å². The van der Waals surface area contributed by atoms with E-state index in [2.05, 4.69) is 20.2 Å². The van der Waals surface area contributed by atoms with E-state index in [0.717, 1.165) is 24.8 Å². The molecule has 2 aromatic carbocycles. The molecule has 0 fully saturated rings. The molecule has 0 aliphatic carbocycles. The molecule has 2 N–H and O–H groups in total. The number of hydrogen-bond acceptors (Lipinski definition) is 6. The summed E-state index contributed by atoms with van der Waals surface area (Å²) < 4.78 is 33.5. The first-order valence-corrected chi connectivity index (χ1v) is 11.9. The van der Waals surface area contributed by atoms with Gasteiger partial charge in [-0.25, -0.2) is 8.42 Å². The molecular weight excluding hydrogens is 428 g/mol. The average Bonchev–Trinajstić information content (AvgIpc) is 2.99. The van der Waals surface area contributed by atoms with E-state index in [1.165, 1.54) is 12.1 Å². The van der Waals surface area contributed by atoms with Gasteiger partial charge in [0, 0.05) is 24.2 Å². The Bertz CT molecular complexity index is 1250. The van der Waals surface area contributed by atoms with Crippen LogP contribution in [0, 0.1) is 6.92 Å². The smallest absolute Gasteiger partial charge is 0.262 e. The van der Waals surface area contributed by atoms with Crippen molar-refractivity contribution in [2.45, 2.75) is 37.5 Å². The molecular formula is C23H24N4O4S. The highest BCUT2D eigenvalue weighted by molar-refractivity contribution is 7.90. The van der Waals surface area contributed by atoms with Crippen LogP contribution in [0.1, 0.15) is 41.8 Å². The van der Waals surface area contributed by atoms with Crippen LogP contribution in [0.5, 0.6) is 0 Å². The van der Waals surface area contributed by atoms with Crippen LogP contribution in [0.15, 0.2) is 69.0 Å². The van der Waals surface area contributed by atoms with Crippen molar-refractivity contribution in [1.82, 2.24) is 9.88 Å². The number of aryl methyl sites for hydroxylation is 1. The second-order valence-corrected chi connectivity index (χ2v) is 9.24. The van der Waals surface area contributed by atoms with Gasteiger partial charge in [0.25, 0.3) is 15.9 Å². The summed E-state index contributed by atoms with van der Waals surface area (Å²) in [6, 6.07) is 15.4. The Labute approximate surface area is 186 Å². The average molecular weight is 453 g/mol. The lowest BCUT2D eigenvalue weighted by molar-refractivity contribution is 0.102. The molecule has 3 aromatic rings. The molecule has 1 amide bonds. The highest BCUT2D eigenvalue weighted by atomic mass is 32.2. The Morgan fingerprint density at radius 2 is 1.84 bits per heavy atom. The van der Waals surface area contributed by atoms with Gasteiger partial charge in [0.05, 0.1) is 4.90 Å². The van der Waals surface area contributed by atoms with Crippen LogP contribution in [0.4, 0.5) is 5.69 Å². The summed E-state index contributed by atoms with van der Waals surface area (Å²) in [5.74, 6) is 0.418. The van der Waals surface area contributed by atoms with Crippen molar-refractivity contribution in [3.8, 4) is 11.3 Å². The predicted molar refractivity (Wildman–Crippen MR) is 122 cm³/mol. The number of anilines is 1. The fourth-order valence-corrected chi connectivity index (χ4v) is 4.67. The largest absolute Gasteiger partial charge is 0.360 e. The van der Waals surface area contributed by atoms with Gasteiger partial charge < -0.3 is 9.84 Å². The maximum atomic E-state index is 13.0. The predicted octanol–water partition coefficient (Wildman–Crippen LogP) is 4.15. The molecule has 0 saturated heterocycles. The highest BCUT2D eigenvalue weighted by Gasteiger charge is 2.23. The van der Waals surface area contributed by atoms with Crippen LogP contribution in [-0.4, -0.2) is 31.9 Å². The second kappa shape index (κ2) is 9.35. The number of carbonyl (C=O) groups is 1. The molecule has 0 unspecified atom stereocenters. The lowest BCUT2D eigenvalue weighted by Gasteiger charge is -2.11. The van der Waals surface area contributed by atoms with Crippen LogP contribution < -0.4 is 10.0 Å². The van der Waals surface area contributed by atoms with Crippen molar-refractivity contribution >= 4 is 27.5 Å². The normalized spacial score (nSPS) is 14.3. The molecule has 0 atom stereocenters. The molecule has 2 heterocycles. The summed E-state index contributed by atoms with van der Waals surface area (Å²) in [6.07, 6.45) is 3.49. The molecule has 1 aliphatic rings. The van der Waals surface area contributed by atoms with Crippen molar-refractivity contribution in [3.63, 3.8) is 0 Å². The molecule has 4 rings (SSSR count). The number of amides is 1. The van der Waals surface area contributed by atoms with Crippen LogP contribution in [0.2, 0.25) is 0 Å². The van der Waals surface area contributed by atoms with E-state index in [-0.39, 0.29) is 4.90 Å². The first-order chi connectivity index (χ1) is 15.4. The van der Waals surface area contributed by atoms with Gasteiger partial charge in [0.2, 0.25) is 0 Å². The fourth-order valence-electron chi connectivity index (χ4n) is 3.54. The van der Waals surface area contributed by atoms with Gasteiger partial charge in [0.15, 0.2) is 0 Å². The SMILES string of the molecule is Cc1onc(-c2ccccc2)c1C(=O)Nc1cccc(S(=O)(=O)NC2=NCCCCC2)c1. The third-order valence-electron chi connectivity index (χ3n) is 5.17. The Hall–Kier alpha value is -3.46.